The van der Waals surface area contributed by atoms with Crippen LogP contribution in [0.25, 0.3) is 0 Å². The number of likely N-dealkylation sites (tertiary alicyclic amines) is 1. The average molecular weight is 261 g/mol. The highest BCUT2D eigenvalue weighted by molar-refractivity contribution is 5.41. The van der Waals surface area contributed by atoms with Crippen molar-refractivity contribution in [2.45, 2.75) is 40.7 Å². The van der Waals surface area contributed by atoms with Crippen molar-refractivity contribution in [1.82, 2.24) is 4.90 Å². The van der Waals surface area contributed by atoms with Crippen LogP contribution in [0.4, 0.5) is 0 Å². The van der Waals surface area contributed by atoms with Crippen LogP contribution < -0.4 is 4.74 Å². The third-order valence-electron chi connectivity index (χ3n) is 4.19. The Labute approximate surface area is 117 Å². The second-order valence-corrected chi connectivity index (χ2v) is 6.39. The first kappa shape index (κ1) is 14.4. The minimum atomic E-state index is 0.823. The molecule has 1 aromatic carbocycles. The maximum atomic E-state index is 5.39. The first-order valence-electron chi connectivity index (χ1n) is 7.36. The third-order valence-corrected chi connectivity index (χ3v) is 4.19. The summed E-state index contributed by atoms with van der Waals surface area (Å²) in [6.45, 7) is 12.6. The molecule has 106 valence electrons. The van der Waals surface area contributed by atoms with Gasteiger partial charge in [-0.05, 0) is 54.9 Å². The van der Waals surface area contributed by atoms with E-state index >= 15 is 0 Å². The first-order valence-corrected chi connectivity index (χ1v) is 7.36. The van der Waals surface area contributed by atoms with Crippen molar-refractivity contribution in [1.29, 1.82) is 0 Å². The van der Waals surface area contributed by atoms with E-state index in [-0.39, 0.29) is 0 Å². The number of benzene rings is 1. The smallest absolute Gasteiger partial charge is 0.122 e. The molecule has 1 saturated heterocycles. The van der Waals surface area contributed by atoms with E-state index in [4.69, 9.17) is 4.74 Å². The molecule has 2 nitrogen and oxygen atoms in total. The number of aryl methyl sites for hydroxylation is 2. The van der Waals surface area contributed by atoms with Crippen LogP contribution in [0.15, 0.2) is 12.1 Å². The Morgan fingerprint density at radius 2 is 1.74 bits per heavy atom. The molecule has 0 aliphatic carbocycles. The first-order chi connectivity index (χ1) is 8.99. The number of piperidine rings is 1. The number of hydrogen-bond acceptors (Lipinski definition) is 2. The Balaban J connectivity index is 2.12. The normalized spacial score (nSPS) is 24.5. The quantitative estimate of drug-likeness (QED) is 0.821. The van der Waals surface area contributed by atoms with Gasteiger partial charge >= 0.3 is 0 Å². The number of ether oxygens (including phenoxy) is 1. The SMILES string of the molecule is COc1cc(C)c(CN2CC(C)CC(C)C2)cc1C. The van der Waals surface area contributed by atoms with Crippen LogP contribution in [0.2, 0.25) is 0 Å². The van der Waals surface area contributed by atoms with Gasteiger partial charge < -0.3 is 4.74 Å². The van der Waals surface area contributed by atoms with Gasteiger partial charge in [0.05, 0.1) is 7.11 Å². The Morgan fingerprint density at radius 1 is 1.11 bits per heavy atom. The van der Waals surface area contributed by atoms with E-state index in [1.807, 2.05) is 0 Å². The van der Waals surface area contributed by atoms with Gasteiger partial charge in [-0.25, -0.2) is 0 Å². The summed E-state index contributed by atoms with van der Waals surface area (Å²) >= 11 is 0. The monoisotopic (exact) mass is 261 g/mol. The van der Waals surface area contributed by atoms with Gasteiger partial charge in [-0.3, -0.25) is 4.90 Å². The molecule has 0 N–H and O–H groups in total. The number of methoxy groups -OCH3 is 1. The van der Waals surface area contributed by atoms with E-state index in [0.29, 0.717) is 0 Å². The fourth-order valence-electron chi connectivity index (χ4n) is 3.40. The van der Waals surface area contributed by atoms with E-state index in [2.05, 4.69) is 44.7 Å². The molecule has 0 bridgehead atoms. The maximum absolute atomic E-state index is 5.39. The van der Waals surface area contributed by atoms with Crippen molar-refractivity contribution in [2.75, 3.05) is 20.2 Å². The highest BCUT2D eigenvalue weighted by atomic mass is 16.5. The molecule has 2 rings (SSSR count). The van der Waals surface area contributed by atoms with E-state index < -0.39 is 0 Å². The van der Waals surface area contributed by atoms with Crippen molar-refractivity contribution in [3.05, 3.63) is 28.8 Å². The molecular formula is C17H27NO. The summed E-state index contributed by atoms with van der Waals surface area (Å²) in [5.74, 6) is 2.65. The molecule has 1 heterocycles. The van der Waals surface area contributed by atoms with Crippen LogP contribution in [0, 0.1) is 25.7 Å². The average Bonchev–Trinajstić information content (AvgIpc) is 2.32. The summed E-state index contributed by atoms with van der Waals surface area (Å²) < 4.78 is 5.39. The minimum absolute atomic E-state index is 0.823. The zero-order valence-electron chi connectivity index (χ0n) is 13.0. The van der Waals surface area contributed by atoms with E-state index in [1.54, 1.807) is 7.11 Å². The molecule has 1 fully saturated rings. The van der Waals surface area contributed by atoms with Gasteiger partial charge in [0, 0.05) is 19.6 Å². The Bertz CT molecular complexity index is 431. The molecule has 0 amide bonds. The highest BCUT2D eigenvalue weighted by Gasteiger charge is 2.22. The molecule has 0 spiro atoms. The van der Waals surface area contributed by atoms with Gasteiger partial charge in [-0.15, -0.1) is 0 Å². The van der Waals surface area contributed by atoms with Gasteiger partial charge in [0.2, 0.25) is 0 Å². The lowest BCUT2D eigenvalue weighted by Crippen LogP contribution is -2.38. The van der Waals surface area contributed by atoms with Crippen LogP contribution in [0.5, 0.6) is 5.75 Å². The Morgan fingerprint density at radius 3 is 2.32 bits per heavy atom. The van der Waals surface area contributed by atoms with Crippen molar-refractivity contribution >= 4 is 0 Å². The largest absolute Gasteiger partial charge is 0.496 e. The molecule has 1 aliphatic heterocycles. The van der Waals surface area contributed by atoms with Crippen LogP contribution in [0.1, 0.15) is 37.0 Å². The van der Waals surface area contributed by atoms with Crippen LogP contribution in [-0.2, 0) is 6.54 Å². The fraction of sp³-hybridized carbons (Fsp3) is 0.647. The van der Waals surface area contributed by atoms with E-state index in [1.165, 1.54) is 36.2 Å². The van der Waals surface area contributed by atoms with Crippen LogP contribution >= 0.6 is 0 Å². The molecule has 2 unspecified atom stereocenters. The number of nitrogens with zero attached hydrogens (tertiary/aromatic N) is 1. The summed E-state index contributed by atoms with van der Waals surface area (Å²) in [5, 5.41) is 0. The molecular weight excluding hydrogens is 234 g/mol. The molecule has 2 atom stereocenters. The second kappa shape index (κ2) is 5.96. The zero-order valence-corrected chi connectivity index (χ0v) is 13.0. The van der Waals surface area contributed by atoms with E-state index in [9.17, 15) is 0 Å². The summed E-state index contributed by atoms with van der Waals surface area (Å²) in [5.41, 5.74) is 4.02. The maximum Gasteiger partial charge on any atom is 0.122 e. The lowest BCUT2D eigenvalue weighted by molar-refractivity contribution is 0.134. The molecule has 0 aromatic heterocycles. The summed E-state index contributed by atoms with van der Waals surface area (Å²) in [6.07, 6.45) is 1.37. The van der Waals surface area contributed by atoms with Gasteiger partial charge in [0.25, 0.3) is 0 Å². The molecule has 1 aliphatic rings. The topological polar surface area (TPSA) is 12.5 Å². The summed E-state index contributed by atoms with van der Waals surface area (Å²) in [7, 11) is 1.75. The van der Waals surface area contributed by atoms with Gasteiger partial charge in [0.15, 0.2) is 0 Å². The van der Waals surface area contributed by atoms with Crippen molar-refractivity contribution in [3.63, 3.8) is 0 Å². The molecule has 2 heteroatoms. The summed E-state index contributed by atoms with van der Waals surface area (Å²) in [6, 6.07) is 4.46. The van der Waals surface area contributed by atoms with Gasteiger partial charge in [0.1, 0.15) is 5.75 Å². The second-order valence-electron chi connectivity index (χ2n) is 6.39. The van der Waals surface area contributed by atoms with Gasteiger partial charge in [-0.2, -0.15) is 0 Å². The zero-order chi connectivity index (χ0) is 14.0. The van der Waals surface area contributed by atoms with Crippen molar-refractivity contribution < 1.29 is 4.74 Å². The lowest BCUT2D eigenvalue weighted by atomic mass is 9.91. The number of rotatable bonds is 3. The van der Waals surface area contributed by atoms with Gasteiger partial charge in [-0.1, -0.05) is 19.9 Å². The van der Waals surface area contributed by atoms with Crippen LogP contribution in [-0.4, -0.2) is 25.1 Å². The van der Waals surface area contributed by atoms with E-state index in [0.717, 1.165) is 24.1 Å². The summed E-state index contributed by atoms with van der Waals surface area (Å²) in [4.78, 5) is 2.60. The molecule has 0 radical (unpaired) electrons. The Hall–Kier alpha value is -1.02. The molecule has 19 heavy (non-hydrogen) atoms. The standard InChI is InChI=1S/C17H27NO/c1-12-6-13(2)10-18(9-12)11-16-7-15(4)17(19-5)8-14(16)3/h7-8,12-13H,6,9-11H2,1-5H3. The van der Waals surface area contributed by atoms with Crippen LogP contribution in [0.3, 0.4) is 0 Å². The predicted molar refractivity (Wildman–Crippen MR) is 80.7 cm³/mol. The predicted octanol–water partition coefficient (Wildman–Crippen LogP) is 3.79. The van der Waals surface area contributed by atoms with Crippen molar-refractivity contribution in [2.24, 2.45) is 11.8 Å². The minimum Gasteiger partial charge on any atom is -0.496 e. The number of hydrogen-bond donors (Lipinski definition) is 0. The Kier molecular flexibility index (Phi) is 4.51. The molecule has 0 saturated carbocycles. The fourth-order valence-corrected chi connectivity index (χ4v) is 3.40. The highest BCUT2D eigenvalue weighted by Crippen LogP contribution is 2.26. The van der Waals surface area contributed by atoms with Crippen molar-refractivity contribution in [3.8, 4) is 5.75 Å². The third kappa shape index (κ3) is 3.50. The lowest BCUT2D eigenvalue weighted by Gasteiger charge is -2.35. The molecule has 1 aromatic rings.